The maximum atomic E-state index is 3.66. The van der Waals surface area contributed by atoms with Gasteiger partial charge in [-0.3, -0.25) is 0 Å². The van der Waals surface area contributed by atoms with Gasteiger partial charge in [-0.05, 0) is 41.8 Å². The van der Waals surface area contributed by atoms with Crippen molar-refractivity contribution >= 4 is 23.8 Å². The zero-order valence-corrected chi connectivity index (χ0v) is 8.00. The van der Waals surface area contributed by atoms with Crippen LogP contribution >= 0.6 is 15.9 Å². The Bertz CT molecular complexity index is 185. The van der Waals surface area contributed by atoms with Crippen molar-refractivity contribution in [3.05, 3.63) is 0 Å². The summed E-state index contributed by atoms with van der Waals surface area (Å²) in [5.74, 6) is 0. The van der Waals surface area contributed by atoms with E-state index in [1.165, 1.54) is 31.0 Å². The zero-order chi connectivity index (χ0) is 7.04. The van der Waals surface area contributed by atoms with E-state index in [1.54, 1.807) is 0 Å². The summed E-state index contributed by atoms with van der Waals surface area (Å²) >= 11 is 3.66. The van der Waals surface area contributed by atoms with Gasteiger partial charge in [-0.15, -0.1) is 0 Å². The van der Waals surface area contributed by atoms with Gasteiger partial charge in [0.05, 0.1) is 0 Å². The lowest BCUT2D eigenvalue weighted by molar-refractivity contribution is 0.716. The molecule has 3 aliphatic carbocycles. The zero-order valence-electron chi connectivity index (χ0n) is 6.41. The topological polar surface area (TPSA) is 0 Å². The lowest BCUT2D eigenvalue weighted by Gasteiger charge is -2.02. The summed E-state index contributed by atoms with van der Waals surface area (Å²) in [5, 5.41) is 1.97. The third-order valence-electron chi connectivity index (χ3n) is 4.73. The number of rotatable bonds is 1. The first-order chi connectivity index (χ1) is 4.72. The monoisotopic (exact) mass is 198 g/mol. The van der Waals surface area contributed by atoms with E-state index < -0.39 is 0 Å². The van der Waals surface area contributed by atoms with Crippen LogP contribution in [0.3, 0.4) is 0 Å². The third kappa shape index (κ3) is 0.327. The molecule has 3 saturated carbocycles. The molecule has 0 radical (unpaired) electrons. The molecular weight excluding hydrogens is 187 g/mol. The molecule has 0 amide bonds. The van der Waals surface area contributed by atoms with Crippen molar-refractivity contribution in [1.29, 1.82) is 0 Å². The van der Waals surface area contributed by atoms with E-state index in [0.717, 1.165) is 16.1 Å². The predicted molar refractivity (Wildman–Crippen MR) is 48.4 cm³/mol. The van der Waals surface area contributed by atoms with Gasteiger partial charge in [0.15, 0.2) is 0 Å². The molecule has 0 nitrogen and oxygen atoms in total. The molecule has 3 aliphatic rings. The van der Waals surface area contributed by atoms with Crippen molar-refractivity contribution in [2.75, 3.05) is 5.33 Å². The molecule has 0 bridgehead atoms. The Morgan fingerprint density at radius 3 is 1.60 bits per heavy atom. The third-order valence-corrected chi connectivity index (χ3v) is 5.85. The quantitative estimate of drug-likeness (QED) is 0.445. The van der Waals surface area contributed by atoms with Crippen molar-refractivity contribution in [2.45, 2.75) is 31.0 Å². The van der Waals surface area contributed by atoms with Crippen molar-refractivity contribution in [2.24, 2.45) is 10.8 Å². The van der Waals surface area contributed by atoms with Crippen LogP contribution in [-0.2, 0) is 0 Å². The van der Waals surface area contributed by atoms with Crippen LogP contribution in [0.15, 0.2) is 0 Å². The average molecular weight is 199 g/mol. The van der Waals surface area contributed by atoms with Crippen LogP contribution in [0.5, 0.6) is 0 Å². The maximum absolute atomic E-state index is 3.66. The first-order valence-electron chi connectivity index (χ1n) is 4.29. The Kier molecular flexibility index (Phi) is 0.767. The normalized spacial score (nSPS) is 49.7. The number of halogens is 1. The smallest absolute Gasteiger partial charge is 0.0929 e. The standard InChI is InChI=1S/C8H12BBr/c9-8(5-10)6(1-2-6)7(8)3-4-7/h1-5,9H2. The van der Waals surface area contributed by atoms with Crippen LogP contribution in [0.4, 0.5) is 0 Å². The maximum Gasteiger partial charge on any atom is 0.112 e. The highest BCUT2D eigenvalue weighted by atomic mass is 79.9. The Morgan fingerprint density at radius 1 is 1.10 bits per heavy atom. The first-order valence-corrected chi connectivity index (χ1v) is 5.41. The fourth-order valence-electron chi connectivity index (χ4n) is 3.70. The molecule has 0 aliphatic heterocycles. The molecule has 0 heterocycles. The summed E-state index contributed by atoms with van der Waals surface area (Å²) in [7, 11) is 2.49. The molecule has 2 spiro atoms. The van der Waals surface area contributed by atoms with E-state index in [0.29, 0.717) is 0 Å². The average Bonchev–Trinajstić information content (AvgIpc) is 2.76. The van der Waals surface area contributed by atoms with Gasteiger partial charge in [0.2, 0.25) is 0 Å². The number of fused-ring (bicyclic) bond motifs is 1. The largest absolute Gasteiger partial charge is 0.112 e. The minimum absolute atomic E-state index is 0.722. The molecule has 54 valence electrons. The summed E-state index contributed by atoms with van der Waals surface area (Å²) in [6.45, 7) is 0. The van der Waals surface area contributed by atoms with E-state index in [-0.39, 0.29) is 0 Å². The van der Waals surface area contributed by atoms with E-state index in [2.05, 4.69) is 23.8 Å². The van der Waals surface area contributed by atoms with E-state index >= 15 is 0 Å². The van der Waals surface area contributed by atoms with Crippen LogP contribution in [-0.4, -0.2) is 13.2 Å². The number of hydrogen-bond acceptors (Lipinski definition) is 0. The van der Waals surface area contributed by atoms with Crippen LogP contribution in [0.25, 0.3) is 0 Å². The van der Waals surface area contributed by atoms with E-state index in [4.69, 9.17) is 0 Å². The van der Waals surface area contributed by atoms with Crippen LogP contribution in [0.2, 0.25) is 5.31 Å². The summed E-state index contributed by atoms with van der Waals surface area (Å²) in [5.41, 5.74) is 1.73. The second kappa shape index (κ2) is 1.26. The molecular formula is C8H12BBr. The van der Waals surface area contributed by atoms with Gasteiger partial charge >= 0.3 is 0 Å². The highest BCUT2D eigenvalue weighted by Crippen LogP contribution is 3.01. The Balaban J connectivity index is 2.02. The molecule has 0 unspecified atom stereocenters. The SMILES string of the molecule is BC1(CBr)C2(CC2)C12CC2. The number of alkyl halides is 1. The van der Waals surface area contributed by atoms with Gasteiger partial charge in [0.1, 0.15) is 7.85 Å². The predicted octanol–water partition coefficient (Wildman–Crippen LogP) is 1.75. The van der Waals surface area contributed by atoms with Gasteiger partial charge in [-0.2, -0.15) is 0 Å². The fraction of sp³-hybridized carbons (Fsp3) is 1.00. The van der Waals surface area contributed by atoms with Crippen LogP contribution in [0.1, 0.15) is 25.7 Å². The van der Waals surface area contributed by atoms with E-state index in [1.807, 2.05) is 0 Å². The molecule has 3 rings (SSSR count). The Labute approximate surface area is 71.3 Å². The molecule has 0 atom stereocenters. The molecule has 10 heavy (non-hydrogen) atoms. The lowest BCUT2D eigenvalue weighted by Crippen LogP contribution is -1.97. The van der Waals surface area contributed by atoms with Crippen LogP contribution in [0, 0.1) is 10.8 Å². The van der Waals surface area contributed by atoms with Gasteiger partial charge in [0.25, 0.3) is 0 Å². The minimum atomic E-state index is 0.722. The fourth-order valence-corrected chi connectivity index (χ4v) is 4.78. The second-order valence-electron chi connectivity index (χ2n) is 4.63. The lowest BCUT2D eigenvalue weighted by atomic mass is 9.80. The van der Waals surface area contributed by atoms with Gasteiger partial charge in [-0.25, -0.2) is 0 Å². The molecule has 0 N–H and O–H groups in total. The summed E-state index contributed by atoms with van der Waals surface area (Å²) < 4.78 is 0. The van der Waals surface area contributed by atoms with Crippen molar-refractivity contribution in [1.82, 2.24) is 0 Å². The van der Waals surface area contributed by atoms with Gasteiger partial charge in [-0.1, -0.05) is 15.9 Å². The molecule has 0 aromatic rings. The summed E-state index contributed by atoms with van der Waals surface area (Å²) in [6.07, 6.45) is 6.15. The highest BCUT2D eigenvalue weighted by Gasteiger charge is 2.91. The number of hydrogen-bond donors (Lipinski definition) is 0. The highest BCUT2D eigenvalue weighted by molar-refractivity contribution is 9.09. The molecule has 0 aromatic carbocycles. The van der Waals surface area contributed by atoms with Gasteiger partial charge < -0.3 is 0 Å². The second-order valence-corrected chi connectivity index (χ2v) is 5.19. The Hall–Kier alpha value is 0.545. The molecule has 3 fully saturated rings. The Morgan fingerprint density at radius 2 is 1.50 bits per heavy atom. The molecule has 2 heteroatoms. The molecule has 0 saturated heterocycles. The minimum Gasteiger partial charge on any atom is -0.0929 e. The van der Waals surface area contributed by atoms with Crippen molar-refractivity contribution in [3.8, 4) is 0 Å². The van der Waals surface area contributed by atoms with Crippen molar-refractivity contribution < 1.29 is 0 Å². The molecule has 0 aromatic heterocycles. The van der Waals surface area contributed by atoms with Gasteiger partial charge in [0, 0.05) is 5.33 Å². The van der Waals surface area contributed by atoms with Crippen molar-refractivity contribution in [3.63, 3.8) is 0 Å². The summed E-state index contributed by atoms with van der Waals surface area (Å²) in [4.78, 5) is 0. The van der Waals surface area contributed by atoms with E-state index in [9.17, 15) is 0 Å². The van der Waals surface area contributed by atoms with Crippen LogP contribution < -0.4 is 0 Å². The first kappa shape index (κ1) is 6.10. The summed E-state index contributed by atoms with van der Waals surface area (Å²) in [6, 6.07) is 0.